The molecule has 0 atom stereocenters. The Bertz CT molecular complexity index is 225. The van der Waals surface area contributed by atoms with E-state index >= 15 is 0 Å². The van der Waals surface area contributed by atoms with Crippen molar-refractivity contribution in [3.63, 3.8) is 0 Å². The molecule has 4 nitrogen and oxygen atoms in total. The average molecular weight is 241 g/mol. The van der Waals surface area contributed by atoms with Gasteiger partial charge in [0.15, 0.2) is 0 Å². The first-order valence-electron chi connectivity index (χ1n) is 6.99. The zero-order chi connectivity index (χ0) is 12.7. The number of likely N-dealkylation sites (tertiary alicyclic amines) is 1. The average Bonchev–Trinajstić information content (AvgIpc) is 2.33. The molecule has 1 aliphatic heterocycles. The number of hydrogen-bond acceptors (Lipinski definition) is 2. The Balaban J connectivity index is 2.42. The lowest BCUT2D eigenvalue weighted by Crippen LogP contribution is -2.50. The van der Waals surface area contributed by atoms with Gasteiger partial charge in [0.05, 0.1) is 0 Å². The van der Waals surface area contributed by atoms with Crippen molar-refractivity contribution in [2.75, 3.05) is 32.7 Å². The van der Waals surface area contributed by atoms with Crippen molar-refractivity contribution < 1.29 is 4.79 Å². The van der Waals surface area contributed by atoms with E-state index in [-0.39, 0.29) is 6.03 Å². The van der Waals surface area contributed by atoms with E-state index in [1.54, 1.807) is 0 Å². The molecule has 100 valence electrons. The van der Waals surface area contributed by atoms with E-state index in [4.69, 9.17) is 0 Å². The van der Waals surface area contributed by atoms with Crippen LogP contribution in [0.15, 0.2) is 0 Å². The fourth-order valence-corrected chi connectivity index (χ4v) is 2.59. The Kier molecular flexibility index (Phi) is 6.34. The standard InChI is InChI=1S/C13H27N3O/c1-4-9-15-10-7-12(8-11-15)16(6-3)13(17)14-5-2/h12H,4-11H2,1-3H3,(H,14,17). The number of nitrogens with one attached hydrogen (secondary N) is 1. The largest absolute Gasteiger partial charge is 0.338 e. The molecular formula is C13H27N3O. The van der Waals surface area contributed by atoms with Crippen LogP contribution in [0.3, 0.4) is 0 Å². The monoisotopic (exact) mass is 241 g/mol. The Morgan fingerprint density at radius 3 is 2.41 bits per heavy atom. The number of carbonyl (C=O) groups is 1. The topological polar surface area (TPSA) is 35.6 Å². The van der Waals surface area contributed by atoms with Gasteiger partial charge in [-0.3, -0.25) is 0 Å². The highest BCUT2D eigenvalue weighted by molar-refractivity contribution is 5.74. The van der Waals surface area contributed by atoms with Crippen LogP contribution in [0, 0.1) is 0 Å². The molecule has 1 fully saturated rings. The maximum absolute atomic E-state index is 11.9. The quantitative estimate of drug-likeness (QED) is 0.798. The summed E-state index contributed by atoms with van der Waals surface area (Å²) in [5, 5.41) is 2.90. The van der Waals surface area contributed by atoms with Gasteiger partial charge in [-0.25, -0.2) is 4.79 Å². The van der Waals surface area contributed by atoms with Gasteiger partial charge < -0.3 is 15.1 Å². The number of hydrogen-bond donors (Lipinski definition) is 1. The second-order valence-corrected chi connectivity index (χ2v) is 4.69. The Morgan fingerprint density at radius 1 is 1.29 bits per heavy atom. The SMILES string of the molecule is CCCN1CCC(N(CC)C(=O)NCC)CC1. The summed E-state index contributed by atoms with van der Waals surface area (Å²) in [6.45, 7) is 11.2. The lowest BCUT2D eigenvalue weighted by molar-refractivity contribution is 0.124. The number of urea groups is 1. The van der Waals surface area contributed by atoms with E-state index in [0.29, 0.717) is 12.6 Å². The van der Waals surface area contributed by atoms with Gasteiger partial charge in [-0.15, -0.1) is 0 Å². The Labute approximate surface area is 105 Å². The van der Waals surface area contributed by atoms with Crippen LogP contribution in [-0.4, -0.2) is 54.6 Å². The zero-order valence-electron chi connectivity index (χ0n) is 11.5. The van der Waals surface area contributed by atoms with Crippen LogP contribution >= 0.6 is 0 Å². The van der Waals surface area contributed by atoms with Gasteiger partial charge in [0.2, 0.25) is 0 Å². The van der Waals surface area contributed by atoms with Gasteiger partial charge in [-0.05, 0) is 39.7 Å². The van der Waals surface area contributed by atoms with Crippen molar-refractivity contribution in [3.05, 3.63) is 0 Å². The molecule has 0 spiro atoms. The smallest absolute Gasteiger partial charge is 0.317 e. The lowest BCUT2D eigenvalue weighted by atomic mass is 10.0. The van der Waals surface area contributed by atoms with Crippen LogP contribution in [-0.2, 0) is 0 Å². The van der Waals surface area contributed by atoms with E-state index in [2.05, 4.69) is 24.1 Å². The molecule has 0 aromatic carbocycles. The fourth-order valence-electron chi connectivity index (χ4n) is 2.59. The van der Waals surface area contributed by atoms with Gasteiger partial charge in [0, 0.05) is 32.2 Å². The predicted octanol–water partition coefficient (Wildman–Crippen LogP) is 1.91. The third-order valence-corrected chi connectivity index (χ3v) is 3.47. The van der Waals surface area contributed by atoms with Crippen molar-refractivity contribution in [2.45, 2.75) is 46.1 Å². The molecule has 0 saturated carbocycles. The molecule has 0 radical (unpaired) electrons. The Hall–Kier alpha value is -0.770. The molecule has 4 heteroatoms. The maximum atomic E-state index is 11.9. The highest BCUT2D eigenvalue weighted by Crippen LogP contribution is 2.16. The van der Waals surface area contributed by atoms with E-state index < -0.39 is 0 Å². The lowest BCUT2D eigenvalue weighted by Gasteiger charge is -2.38. The third-order valence-electron chi connectivity index (χ3n) is 3.47. The number of carbonyl (C=O) groups excluding carboxylic acids is 1. The van der Waals surface area contributed by atoms with Gasteiger partial charge >= 0.3 is 6.03 Å². The first-order chi connectivity index (χ1) is 8.22. The van der Waals surface area contributed by atoms with Crippen molar-refractivity contribution >= 4 is 6.03 Å². The second kappa shape index (κ2) is 7.54. The maximum Gasteiger partial charge on any atom is 0.317 e. The van der Waals surface area contributed by atoms with Crippen LogP contribution in [0.1, 0.15) is 40.0 Å². The molecule has 0 aromatic rings. The molecular weight excluding hydrogens is 214 g/mol. The number of amides is 2. The molecule has 0 aromatic heterocycles. The summed E-state index contributed by atoms with van der Waals surface area (Å²) in [5.74, 6) is 0. The van der Waals surface area contributed by atoms with Crippen LogP contribution in [0.2, 0.25) is 0 Å². The molecule has 0 unspecified atom stereocenters. The molecule has 1 saturated heterocycles. The first kappa shape index (κ1) is 14.3. The van der Waals surface area contributed by atoms with Crippen LogP contribution < -0.4 is 5.32 Å². The molecule has 1 aliphatic rings. The van der Waals surface area contributed by atoms with Crippen LogP contribution in [0.5, 0.6) is 0 Å². The minimum Gasteiger partial charge on any atom is -0.338 e. The number of nitrogens with zero attached hydrogens (tertiary/aromatic N) is 2. The highest BCUT2D eigenvalue weighted by Gasteiger charge is 2.26. The first-order valence-corrected chi connectivity index (χ1v) is 6.99. The molecule has 1 rings (SSSR count). The van der Waals surface area contributed by atoms with Gasteiger partial charge in [-0.1, -0.05) is 6.92 Å². The summed E-state index contributed by atoms with van der Waals surface area (Å²) in [5.41, 5.74) is 0. The van der Waals surface area contributed by atoms with E-state index in [0.717, 1.165) is 32.5 Å². The van der Waals surface area contributed by atoms with E-state index in [1.807, 2.05) is 11.8 Å². The molecule has 1 heterocycles. The van der Waals surface area contributed by atoms with E-state index in [9.17, 15) is 4.79 Å². The summed E-state index contributed by atoms with van der Waals surface area (Å²) in [7, 11) is 0. The number of piperidine rings is 1. The van der Waals surface area contributed by atoms with Crippen molar-refractivity contribution in [3.8, 4) is 0 Å². The van der Waals surface area contributed by atoms with Crippen molar-refractivity contribution in [1.29, 1.82) is 0 Å². The molecule has 1 N–H and O–H groups in total. The van der Waals surface area contributed by atoms with Gasteiger partial charge in [0.1, 0.15) is 0 Å². The fraction of sp³-hybridized carbons (Fsp3) is 0.923. The molecule has 2 amide bonds. The predicted molar refractivity (Wildman–Crippen MR) is 71.2 cm³/mol. The highest BCUT2D eigenvalue weighted by atomic mass is 16.2. The summed E-state index contributed by atoms with van der Waals surface area (Å²) in [6, 6.07) is 0.531. The summed E-state index contributed by atoms with van der Waals surface area (Å²) in [4.78, 5) is 16.4. The second-order valence-electron chi connectivity index (χ2n) is 4.69. The minimum absolute atomic E-state index is 0.101. The van der Waals surface area contributed by atoms with Crippen LogP contribution in [0.25, 0.3) is 0 Å². The molecule has 0 aliphatic carbocycles. The van der Waals surface area contributed by atoms with Gasteiger partial charge in [-0.2, -0.15) is 0 Å². The third kappa shape index (κ3) is 4.19. The normalized spacial score (nSPS) is 18.1. The molecule has 17 heavy (non-hydrogen) atoms. The van der Waals surface area contributed by atoms with Crippen LogP contribution in [0.4, 0.5) is 4.79 Å². The van der Waals surface area contributed by atoms with Crippen molar-refractivity contribution in [2.24, 2.45) is 0 Å². The van der Waals surface area contributed by atoms with Crippen molar-refractivity contribution in [1.82, 2.24) is 15.1 Å². The summed E-state index contributed by atoms with van der Waals surface area (Å²) >= 11 is 0. The Morgan fingerprint density at radius 2 is 1.94 bits per heavy atom. The summed E-state index contributed by atoms with van der Waals surface area (Å²) < 4.78 is 0. The van der Waals surface area contributed by atoms with E-state index in [1.165, 1.54) is 13.0 Å². The molecule has 0 bridgehead atoms. The zero-order valence-corrected chi connectivity index (χ0v) is 11.5. The minimum atomic E-state index is 0.101. The number of rotatable bonds is 5. The van der Waals surface area contributed by atoms with Gasteiger partial charge in [0.25, 0.3) is 0 Å². The summed E-state index contributed by atoms with van der Waals surface area (Å²) in [6.07, 6.45) is 3.45.